The van der Waals surface area contributed by atoms with Crippen LogP contribution in [0, 0.1) is 0 Å². The molecule has 0 radical (unpaired) electrons. The Morgan fingerprint density at radius 2 is 1.75 bits per heavy atom. The zero-order valence-electron chi connectivity index (χ0n) is 15.8. The molecule has 146 valence electrons. The van der Waals surface area contributed by atoms with E-state index in [1.165, 1.54) is 21.8 Å². The topological polar surface area (TPSA) is 88.8 Å². The standard InChI is InChI=1S/C21H23N3O2S2/c1-13(2)14-5-7-15(8-6-14)19(17-4-3-10-27-17)23-12-18(25)24-21-16(20(22)26)9-11-28-21/h3-11,13,19,23H,12H2,1-2H3,(H2,22,26)(H,24,25)/p+1/t19-/m1/s1. The molecule has 0 spiro atoms. The van der Waals surface area contributed by atoms with E-state index in [4.69, 9.17) is 5.73 Å². The van der Waals surface area contributed by atoms with Crippen molar-refractivity contribution in [3.05, 3.63) is 74.8 Å². The van der Waals surface area contributed by atoms with E-state index in [0.29, 0.717) is 16.5 Å². The molecule has 3 aromatic rings. The number of hydrogen-bond donors (Lipinski definition) is 3. The van der Waals surface area contributed by atoms with Crippen LogP contribution in [0.3, 0.4) is 0 Å². The van der Waals surface area contributed by atoms with Gasteiger partial charge in [-0.25, -0.2) is 0 Å². The average Bonchev–Trinajstić information content (AvgIpc) is 3.34. The van der Waals surface area contributed by atoms with Gasteiger partial charge in [-0.3, -0.25) is 9.59 Å². The fourth-order valence-corrected chi connectivity index (χ4v) is 4.63. The van der Waals surface area contributed by atoms with E-state index in [1.54, 1.807) is 22.8 Å². The van der Waals surface area contributed by atoms with Crippen LogP contribution in [0.1, 0.15) is 52.2 Å². The maximum Gasteiger partial charge on any atom is 0.280 e. The van der Waals surface area contributed by atoms with E-state index in [-0.39, 0.29) is 18.5 Å². The van der Waals surface area contributed by atoms with Crippen molar-refractivity contribution < 1.29 is 14.9 Å². The summed E-state index contributed by atoms with van der Waals surface area (Å²) >= 11 is 2.97. The fourth-order valence-electron chi connectivity index (χ4n) is 2.98. The van der Waals surface area contributed by atoms with Gasteiger partial charge in [0.15, 0.2) is 6.54 Å². The van der Waals surface area contributed by atoms with E-state index < -0.39 is 5.91 Å². The van der Waals surface area contributed by atoms with Crippen LogP contribution in [-0.2, 0) is 4.79 Å². The van der Waals surface area contributed by atoms with Crippen molar-refractivity contribution in [3.8, 4) is 0 Å². The Morgan fingerprint density at radius 1 is 1.04 bits per heavy atom. The summed E-state index contributed by atoms with van der Waals surface area (Å²) < 4.78 is 0. The molecular weight excluding hydrogens is 390 g/mol. The maximum atomic E-state index is 12.4. The number of hydrogen-bond acceptors (Lipinski definition) is 4. The molecule has 5 nitrogen and oxygen atoms in total. The molecule has 2 aromatic heterocycles. The summed E-state index contributed by atoms with van der Waals surface area (Å²) in [5.74, 6) is -0.221. The summed E-state index contributed by atoms with van der Waals surface area (Å²) in [5, 5.41) is 9.10. The van der Waals surface area contributed by atoms with Crippen LogP contribution in [0.4, 0.5) is 5.00 Å². The van der Waals surface area contributed by atoms with Crippen molar-refractivity contribution in [2.45, 2.75) is 25.8 Å². The van der Waals surface area contributed by atoms with Crippen LogP contribution in [0.15, 0.2) is 53.2 Å². The first-order chi connectivity index (χ1) is 13.5. The summed E-state index contributed by atoms with van der Waals surface area (Å²) in [6.45, 7) is 4.59. The van der Waals surface area contributed by atoms with Gasteiger partial charge in [-0.1, -0.05) is 44.2 Å². The lowest BCUT2D eigenvalue weighted by atomic mass is 9.98. The molecule has 0 unspecified atom stereocenters. The van der Waals surface area contributed by atoms with Gasteiger partial charge in [0.25, 0.3) is 11.8 Å². The van der Waals surface area contributed by atoms with Crippen LogP contribution in [-0.4, -0.2) is 18.4 Å². The first kappa shape index (κ1) is 20.3. The summed E-state index contributed by atoms with van der Waals surface area (Å²) in [5.41, 5.74) is 8.14. The molecule has 0 bridgehead atoms. The molecular formula is C21H24N3O2S2+. The SMILES string of the molecule is CC(C)c1ccc([C@@H]([NH2+]CC(=O)Nc2sccc2C(N)=O)c2cccs2)cc1. The minimum Gasteiger partial charge on any atom is -0.366 e. The number of carbonyl (C=O) groups excluding carboxylic acids is 2. The number of benzene rings is 1. The highest BCUT2D eigenvalue weighted by Gasteiger charge is 2.21. The average molecular weight is 415 g/mol. The lowest BCUT2D eigenvalue weighted by molar-refractivity contribution is -0.675. The quantitative estimate of drug-likeness (QED) is 0.528. The third-order valence-corrected chi connectivity index (χ3v) is 6.32. The monoisotopic (exact) mass is 414 g/mol. The van der Waals surface area contributed by atoms with Gasteiger partial charge >= 0.3 is 0 Å². The Labute approximate surface area is 172 Å². The van der Waals surface area contributed by atoms with Crippen molar-refractivity contribution in [3.63, 3.8) is 0 Å². The van der Waals surface area contributed by atoms with Crippen LogP contribution in [0.2, 0.25) is 0 Å². The van der Waals surface area contributed by atoms with Gasteiger partial charge in [-0.15, -0.1) is 22.7 Å². The minimum absolute atomic E-state index is 0.0471. The minimum atomic E-state index is -0.540. The number of thiophene rings is 2. The molecule has 28 heavy (non-hydrogen) atoms. The number of anilines is 1. The smallest absolute Gasteiger partial charge is 0.280 e. The molecule has 1 aromatic carbocycles. The van der Waals surface area contributed by atoms with Crippen molar-refractivity contribution in [2.75, 3.05) is 11.9 Å². The van der Waals surface area contributed by atoms with Gasteiger partial charge in [-0.05, 0) is 34.4 Å². The van der Waals surface area contributed by atoms with Crippen molar-refractivity contribution in [1.82, 2.24) is 0 Å². The zero-order valence-corrected chi connectivity index (χ0v) is 17.5. The van der Waals surface area contributed by atoms with Crippen molar-refractivity contribution in [1.29, 1.82) is 0 Å². The molecule has 1 atom stereocenters. The molecule has 0 saturated heterocycles. The largest absolute Gasteiger partial charge is 0.366 e. The predicted molar refractivity (Wildman–Crippen MR) is 115 cm³/mol. The zero-order chi connectivity index (χ0) is 20.1. The first-order valence-electron chi connectivity index (χ1n) is 9.09. The molecule has 0 aliphatic heterocycles. The van der Waals surface area contributed by atoms with Crippen molar-refractivity contribution in [2.24, 2.45) is 5.73 Å². The molecule has 2 amide bonds. The third kappa shape index (κ3) is 4.86. The number of primary amides is 1. The molecule has 7 heteroatoms. The summed E-state index contributed by atoms with van der Waals surface area (Å²) in [4.78, 5) is 25.1. The van der Waals surface area contributed by atoms with Crippen molar-refractivity contribution >= 4 is 39.5 Å². The van der Waals surface area contributed by atoms with Gasteiger partial charge in [0.1, 0.15) is 11.0 Å². The molecule has 5 N–H and O–H groups in total. The molecule has 0 saturated carbocycles. The fraction of sp³-hybridized carbons (Fsp3) is 0.238. The Morgan fingerprint density at radius 3 is 2.36 bits per heavy atom. The number of amides is 2. The van der Waals surface area contributed by atoms with E-state index >= 15 is 0 Å². The van der Waals surface area contributed by atoms with E-state index in [9.17, 15) is 9.59 Å². The first-order valence-corrected chi connectivity index (χ1v) is 10.9. The second kappa shape index (κ2) is 9.14. The molecule has 2 heterocycles. The Balaban J connectivity index is 1.71. The Kier molecular flexibility index (Phi) is 6.61. The van der Waals surface area contributed by atoms with Gasteiger partial charge in [0, 0.05) is 5.56 Å². The maximum absolute atomic E-state index is 12.4. The summed E-state index contributed by atoms with van der Waals surface area (Å²) in [6.07, 6.45) is 0. The van der Waals surface area contributed by atoms with Gasteiger partial charge in [0.05, 0.1) is 10.4 Å². The van der Waals surface area contributed by atoms with Gasteiger partial charge < -0.3 is 16.4 Å². The van der Waals surface area contributed by atoms with Crippen LogP contribution < -0.4 is 16.4 Å². The summed E-state index contributed by atoms with van der Waals surface area (Å²) in [6, 6.07) is 14.4. The third-order valence-electron chi connectivity index (χ3n) is 4.53. The van der Waals surface area contributed by atoms with E-state index in [2.05, 4.69) is 49.5 Å². The lowest BCUT2D eigenvalue weighted by Gasteiger charge is -2.16. The second-order valence-electron chi connectivity index (χ2n) is 6.83. The predicted octanol–water partition coefficient (Wildman–Crippen LogP) is 3.32. The molecule has 0 fully saturated rings. The van der Waals surface area contributed by atoms with Gasteiger partial charge in [-0.2, -0.15) is 0 Å². The number of carbonyl (C=O) groups is 2. The number of nitrogens with one attached hydrogen (secondary N) is 1. The Hall–Kier alpha value is -2.48. The Bertz CT molecular complexity index is 931. The van der Waals surface area contributed by atoms with Gasteiger partial charge in [0.2, 0.25) is 0 Å². The highest BCUT2D eigenvalue weighted by Crippen LogP contribution is 2.25. The molecule has 3 rings (SSSR count). The van der Waals surface area contributed by atoms with E-state index in [1.807, 2.05) is 16.8 Å². The van der Waals surface area contributed by atoms with E-state index in [0.717, 1.165) is 5.56 Å². The lowest BCUT2D eigenvalue weighted by Crippen LogP contribution is -2.87. The number of quaternary nitrogens is 1. The normalized spacial score (nSPS) is 12.1. The molecule has 0 aliphatic carbocycles. The van der Waals surface area contributed by atoms with Crippen LogP contribution in [0.5, 0.6) is 0 Å². The van der Waals surface area contributed by atoms with Crippen LogP contribution >= 0.6 is 22.7 Å². The number of nitrogens with two attached hydrogens (primary N) is 2. The summed E-state index contributed by atoms with van der Waals surface area (Å²) in [7, 11) is 0. The highest BCUT2D eigenvalue weighted by atomic mass is 32.1. The highest BCUT2D eigenvalue weighted by molar-refractivity contribution is 7.14. The van der Waals surface area contributed by atoms with Crippen LogP contribution in [0.25, 0.3) is 0 Å². The number of rotatable bonds is 8. The second-order valence-corrected chi connectivity index (χ2v) is 8.73. The molecule has 0 aliphatic rings.